The fourth-order valence-corrected chi connectivity index (χ4v) is 46.9. The van der Waals surface area contributed by atoms with Gasteiger partial charge in [0.1, 0.15) is 0 Å². The number of hydrogen-bond donors (Lipinski definition) is 1. The molecule has 4 saturated carbocycles. The monoisotopic (exact) mass is 745 g/mol. The fraction of sp³-hybridized carbons (Fsp3) is 0.421. The molecule has 4 heteroatoms. The van der Waals surface area contributed by atoms with Gasteiger partial charge >= 0.3 is 189 Å². The van der Waals surface area contributed by atoms with E-state index in [0.717, 1.165) is 19.3 Å². The topological polar surface area (TPSA) is 12.0 Å². The van der Waals surface area contributed by atoms with Crippen molar-refractivity contribution in [2.45, 2.75) is 82.1 Å². The van der Waals surface area contributed by atoms with Gasteiger partial charge in [-0.05, 0) is 11.1 Å². The Morgan fingerprint density at radius 3 is 1.69 bits per heavy atom. The van der Waals surface area contributed by atoms with Gasteiger partial charge in [0, 0.05) is 0 Å². The Bertz CT molecular complexity index is 1420. The second-order valence-electron chi connectivity index (χ2n) is 14.3. The van der Waals surface area contributed by atoms with Crippen LogP contribution in [-0.4, -0.2) is 17.9 Å². The van der Waals surface area contributed by atoms with Crippen molar-refractivity contribution in [2.75, 3.05) is 0 Å². The molecular weight excluding hydrogens is 696 g/mol. The maximum atomic E-state index is 15.8. The summed E-state index contributed by atoms with van der Waals surface area (Å²) in [6, 6.07) is 32.1. The molecule has 4 fully saturated rings. The minimum Gasteiger partial charge on any atom is -0.0622 e. The van der Waals surface area contributed by atoms with Crippen LogP contribution in [0.15, 0.2) is 111 Å². The Kier molecular flexibility index (Phi) is 8.54. The summed E-state index contributed by atoms with van der Waals surface area (Å²) in [5, 5.41) is 1.60. The van der Waals surface area contributed by atoms with E-state index in [-0.39, 0.29) is 5.54 Å². The molecule has 1 nitrogen and oxygen atoms in total. The zero-order valence-corrected chi connectivity index (χ0v) is 31.2. The first kappa shape index (κ1) is 30.2. The van der Waals surface area contributed by atoms with Crippen LogP contribution in [0.2, 0.25) is 4.68 Å². The van der Waals surface area contributed by atoms with Gasteiger partial charge in [0.05, 0.1) is 0 Å². The molecule has 0 aliphatic heterocycles. The molecule has 0 heterocycles. The number of rotatable bonds is 6. The molecule has 0 spiro atoms. The van der Waals surface area contributed by atoms with Crippen LogP contribution in [-0.2, 0) is 19.4 Å². The number of allylic oxidation sites excluding steroid dienone is 4. The Balaban J connectivity index is 0.000000219. The molecule has 8 rings (SSSR count). The molecule has 42 heavy (non-hydrogen) atoms. The molecular formula is C38H48FHfNSi. The van der Waals surface area contributed by atoms with E-state index in [9.17, 15) is 0 Å². The molecule has 0 aromatic heterocycles. The molecule has 5 aliphatic carbocycles. The molecule has 0 amide bonds. The van der Waals surface area contributed by atoms with Gasteiger partial charge < -0.3 is 0 Å². The average molecular weight is 744 g/mol. The summed E-state index contributed by atoms with van der Waals surface area (Å²) in [7, 11) is 0. The maximum Gasteiger partial charge on any atom is -0.0184 e. The van der Waals surface area contributed by atoms with Crippen molar-refractivity contribution in [3.05, 3.63) is 111 Å². The van der Waals surface area contributed by atoms with Crippen molar-refractivity contribution >= 4 is 11.9 Å². The molecule has 0 saturated heterocycles. The van der Waals surface area contributed by atoms with Gasteiger partial charge in [-0.3, -0.25) is 0 Å². The normalized spacial score (nSPS) is 31.4. The molecule has 3 aromatic carbocycles. The maximum absolute atomic E-state index is 15.8. The van der Waals surface area contributed by atoms with Crippen LogP contribution in [0.4, 0.5) is 4.39 Å². The third-order valence-electron chi connectivity index (χ3n) is 11.0. The van der Waals surface area contributed by atoms with E-state index >= 15 is 4.39 Å². The molecule has 5 aliphatic rings. The van der Waals surface area contributed by atoms with E-state index in [0.29, 0.717) is 17.8 Å². The minimum atomic E-state index is -3.07. The van der Waals surface area contributed by atoms with Crippen LogP contribution in [0, 0.1) is 17.8 Å². The number of nitrogens with one attached hydrogen (secondary N) is 1. The Morgan fingerprint density at radius 2 is 1.24 bits per heavy atom. The van der Waals surface area contributed by atoms with Gasteiger partial charge in [0.2, 0.25) is 0 Å². The van der Waals surface area contributed by atoms with Crippen molar-refractivity contribution in [3.63, 3.8) is 0 Å². The van der Waals surface area contributed by atoms with E-state index in [1.54, 1.807) is 16.3 Å². The third-order valence-corrected chi connectivity index (χ3v) is 40.3. The van der Waals surface area contributed by atoms with Gasteiger partial charge in [-0.1, -0.05) is 60.7 Å². The van der Waals surface area contributed by atoms with Gasteiger partial charge in [-0.15, -0.1) is 0 Å². The summed E-state index contributed by atoms with van der Waals surface area (Å²) in [5.74, 6) is 1.82. The molecule has 4 bridgehead atoms. The van der Waals surface area contributed by atoms with Gasteiger partial charge in [-0.25, -0.2) is 0 Å². The van der Waals surface area contributed by atoms with Crippen LogP contribution < -0.4 is 8.49 Å². The van der Waals surface area contributed by atoms with Crippen molar-refractivity contribution in [2.24, 2.45) is 17.8 Å². The second kappa shape index (κ2) is 11.9. The van der Waals surface area contributed by atoms with Crippen molar-refractivity contribution in [1.29, 1.82) is 0 Å². The fourth-order valence-electron chi connectivity index (χ4n) is 9.61. The number of benzene rings is 3. The van der Waals surface area contributed by atoms with Crippen LogP contribution in [0.3, 0.4) is 0 Å². The van der Waals surface area contributed by atoms with Gasteiger partial charge in [0.15, 0.2) is 0 Å². The molecule has 4 atom stereocenters. The predicted octanol–water partition coefficient (Wildman–Crippen LogP) is 8.78. The summed E-state index contributed by atoms with van der Waals surface area (Å²) in [4.78, 5) is 0. The first-order valence-corrected chi connectivity index (χ1v) is 32.3. The molecule has 4 unspecified atom stereocenters. The van der Waals surface area contributed by atoms with E-state index in [1.165, 1.54) is 36.0 Å². The van der Waals surface area contributed by atoms with Gasteiger partial charge in [0.25, 0.3) is 0 Å². The number of hydrogen-bond acceptors (Lipinski definition) is 1. The Hall–Kier alpha value is -1.88. The SMILES string of the molecule is CC1=C(C)C(C)[C]([Hf]([CH3])([NH]C23CC4CC(CC(F)(C4)C2)C3)[SiH2]c2ccccc2)=C1C.c1ccc(-c2ccccc2)cc1. The summed E-state index contributed by atoms with van der Waals surface area (Å²) < 4.78 is 24.8. The third kappa shape index (κ3) is 6.06. The smallest absolute Gasteiger partial charge is 0.0184 e. The zero-order chi connectivity index (χ0) is 29.5. The van der Waals surface area contributed by atoms with Crippen LogP contribution in [0.25, 0.3) is 11.1 Å². The van der Waals surface area contributed by atoms with Crippen molar-refractivity contribution in [3.8, 4) is 11.1 Å². The van der Waals surface area contributed by atoms with Crippen molar-refractivity contribution < 1.29 is 23.8 Å². The van der Waals surface area contributed by atoms with Gasteiger partial charge in [-0.2, -0.15) is 0 Å². The largest absolute Gasteiger partial charge is 0.0622 e. The van der Waals surface area contributed by atoms with Crippen molar-refractivity contribution in [1.82, 2.24) is 3.30 Å². The molecule has 0 radical (unpaired) electrons. The average Bonchev–Trinajstić information content (AvgIpc) is 3.15. The second-order valence-corrected chi connectivity index (χ2v) is 43.3. The Morgan fingerprint density at radius 1 is 0.738 bits per heavy atom. The zero-order valence-electron chi connectivity index (χ0n) is 26.2. The van der Waals surface area contributed by atoms with E-state index in [1.807, 2.05) is 15.5 Å². The summed E-state index contributed by atoms with van der Waals surface area (Å²) in [6.45, 7) is 9.06. The Labute approximate surface area is 259 Å². The molecule has 220 valence electrons. The first-order chi connectivity index (χ1) is 20.1. The number of halogens is 1. The summed E-state index contributed by atoms with van der Waals surface area (Å²) in [5.41, 5.74) is 6.45. The summed E-state index contributed by atoms with van der Waals surface area (Å²) >= 11 is -3.07. The first-order valence-electron chi connectivity index (χ1n) is 16.1. The van der Waals surface area contributed by atoms with Crippen LogP contribution >= 0.6 is 0 Å². The quantitative estimate of drug-likeness (QED) is 0.249. The predicted molar refractivity (Wildman–Crippen MR) is 177 cm³/mol. The van der Waals surface area contributed by atoms with E-state index < -0.39 is 31.8 Å². The molecule has 1 N–H and O–H groups in total. The molecule has 3 aromatic rings. The van der Waals surface area contributed by atoms with Crippen LogP contribution in [0.1, 0.15) is 66.2 Å². The van der Waals surface area contributed by atoms with Crippen LogP contribution in [0.5, 0.6) is 0 Å². The van der Waals surface area contributed by atoms with E-state index in [2.05, 4.69) is 115 Å². The van der Waals surface area contributed by atoms with E-state index in [4.69, 9.17) is 0 Å². The summed E-state index contributed by atoms with van der Waals surface area (Å²) in [6.07, 6.45) is 6.23. The number of alkyl halides is 1. The standard InChI is InChI=1S/C12H10.C10H15FN.C9H13.C6H7Si.CH3.Hf/c1-3-7-11(8-4-1)12-9-5-2-6-10-12;11-9-2-7-1-8(3-9)5-10(12,4-7)6-9;1-6-5-7(2)9(4)8(6)3;7-6-4-2-1-3-5-6;;/h1-10H;7-8,12H,1-6H2;6H,1-4H3;1-5H,7H2;1H3;/q;-1;;;;+1. The minimum absolute atomic E-state index is 0.0916.